The minimum atomic E-state index is -5.25. The van der Waals surface area contributed by atoms with Crippen LogP contribution in [0.2, 0.25) is 0 Å². The van der Waals surface area contributed by atoms with Crippen molar-refractivity contribution in [2.45, 2.75) is 50.5 Å². The summed E-state index contributed by atoms with van der Waals surface area (Å²) >= 11 is 0. The molecule has 0 saturated heterocycles. The molecule has 1 aliphatic heterocycles. The first-order valence-electron chi connectivity index (χ1n) is 10.4. The summed E-state index contributed by atoms with van der Waals surface area (Å²) in [6.45, 7) is 4.42. The highest BCUT2D eigenvalue weighted by atomic mass is 19.4. The Morgan fingerprint density at radius 3 is 2.38 bits per heavy atom. The number of pyridine rings is 1. The van der Waals surface area contributed by atoms with Crippen LogP contribution in [0.25, 0.3) is 11.3 Å². The average molecular weight is 486 g/mol. The molecular weight excluding hydrogens is 460 g/mol. The third kappa shape index (κ3) is 4.95. The second-order valence-electron chi connectivity index (χ2n) is 9.46. The number of hydrogen-bond donors (Lipinski definition) is 3. The van der Waals surface area contributed by atoms with Crippen LogP contribution in [0, 0.1) is 5.82 Å². The maximum absolute atomic E-state index is 14.2. The van der Waals surface area contributed by atoms with Crippen LogP contribution in [-0.2, 0) is 15.8 Å². The average Bonchev–Trinajstić information content (AvgIpc) is 3.07. The van der Waals surface area contributed by atoms with Gasteiger partial charge in [0.1, 0.15) is 29.5 Å². The fourth-order valence-corrected chi connectivity index (χ4v) is 3.43. The number of amides is 1. The molecule has 1 amide bonds. The maximum atomic E-state index is 14.2. The fraction of sp³-hybridized carbons (Fsp3) is 0.478. The smallest absolute Gasteiger partial charge is 0.424 e. The van der Waals surface area contributed by atoms with Gasteiger partial charge in [-0.3, -0.25) is 0 Å². The Morgan fingerprint density at radius 1 is 1.24 bits per heavy atom. The fourth-order valence-electron chi connectivity index (χ4n) is 3.43. The summed E-state index contributed by atoms with van der Waals surface area (Å²) in [6.07, 6.45) is -6.41. The molecule has 0 fully saturated rings. The van der Waals surface area contributed by atoms with Gasteiger partial charge in [0.15, 0.2) is 0 Å². The lowest BCUT2D eigenvalue weighted by Gasteiger charge is -2.32. The second-order valence-corrected chi connectivity index (χ2v) is 9.46. The lowest BCUT2D eigenvalue weighted by Crippen LogP contribution is -2.52. The number of carbonyl (C=O) groups excluding carboxylic acids is 1. The molecule has 3 N–H and O–H groups in total. The Labute approximate surface area is 193 Å². The molecule has 34 heavy (non-hydrogen) atoms. The van der Waals surface area contributed by atoms with Crippen LogP contribution in [0.15, 0.2) is 30.3 Å². The van der Waals surface area contributed by atoms with E-state index in [1.807, 2.05) is 5.32 Å². The highest BCUT2D eigenvalue weighted by Gasteiger charge is 2.57. The van der Waals surface area contributed by atoms with Crippen LogP contribution < -0.4 is 10.1 Å². The van der Waals surface area contributed by atoms with Crippen molar-refractivity contribution in [3.05, 3.63) is 47.4 Å². The van der Waals surface area contributed by atoms with E-state index in [9.17, 15) is 32.6 Å². The van der Waals surface area contributed by atoms with E-state index in [1.54, 1.807) is 6.92 Å². The van der Waals surface area contributed by atoms with Crippen LogP contribution in [0.3, 0.4) is 0 Å². The molecule has 2 heterocycles. The van der Waals surface area contributed by atoms with E-state index in [-0.39, 0.29) is 29.2 Å². The summed E-state index contributed by atoms with van der Waals surface area (Å²) in [4.78, 5) is 16.0. The summed E-state index contributed by atoms with van der Waals surface area (Å²) in [5, 5.41) is 22.7. The van der Waals surface area contributed by atoms with Crippen molar-refractivity contribution >= 4 is 6.09 Å². The summed E-state index contributed by atoms with van der Waals surface area (Å²) in [6, 6.07) is 5.85. The minimum absolute atomic E-state index is 0.0429. The van der Waals surface area contributed by atoms with Crippen molar-refractivity contribution in [3.8, 4) is 17.0 Å². The van der Waals surface area contributed by atoms with Gasteiger partial charge in [0.25, 0.3) is 0 Å². The number of rotatable bonds is 5. The van der Waals surface area contributed by atoms with Gasteiger partial charge in [-0.25, -0.2) is 14.2 Å². The zero-order chi connectivity index (χ0) is 25.5. The van der Waals surface area contributed by atoms with E-state index in [4.69, 9.17) is 9.47 Å². The summed E-state index contributed by atoms with van der Waals surface area (Å²) < 4.78 is 66.6. The standard InChI is InChI=1S/C23H26F4N2O5/c1-20(2,3)34-19(31)28-10-22(32,23(25,26)27)16-9-15-18(33-12-21(15,4)11-30)17(29-16)13-5-7-14(24)8-6-13/h5-9,30,32H,10-12H2,1-4H3,(H,28,31)/t21-,22?/m0/s1. The zero-order valence-corrected chi connectivity index (χ0v) is 19.1. The summed E-state index contributed by atoms with van der Waals surface area (Å²) in [5.74, 6) is -0.442. The topological polar surface area (TPSA) is 101 Å². The van der Waals surface area contributed by atoms with Gasteiger partial charge in [-0.2, -0.15) is 13.2 Å². The number of aromatic nitrogens is 1. The van der Waals surface area contributed by atoms with Gasteiger partial charge < -0.3 is 25.0 Å². The molecule has 1 aromatic heterocycles. The van der Waals surface area contributed by atoms with Gasteiger partial charge in [0, 0.05) is 11.1 Å². The van der Waals surface area contributed by atoms with Crippen molar-refractivity contribution in [1.82, 2.24) is 10.3 Å². The molecule has 1 aromatic carbocycles. The number of alkyl carbamates (subject to hydrolysis) is 1. The maximum Gasteiger partial charge on any atom is 0.424 e. The Balaban J connectivity index is 2.14. The largest absolute Gasteiger partial charge is 0.490 e. The number of aliphatic hydroxyl groups is 2. The van der Waals surface area contributed by atoms with Crippen molar-refractivity contribution < 1.29 is 42.0 Å². The number of alkyl halides is 3. The Bertz CT molecular complexity index is 1070. The SMILES string of the molecule is CC(C)(C)OC(=O)NCC(O)(c1cc2c(c(-c3ccc(F)cc3)n1)OC[C@]2(C)CO)C(F)(F)F. The molecule has 186 valence electrons. The number of nitrogens with zero attached hydrogens (tertiary/aromatic N) is 1. The molecule has 0 radical (unpaired) electrons. The minimum Gasteiger partial charge on any atom is -0.490 e. The predicted molar refractivity (Wildman–Crippen MR) is 114 cm³/mol. The predicted octanol–water partition coefficient (Wildman–Crippen LogP) is 3.80. The molecule has 1 unspecified atom stereocenters. The van der Waals surface area contributed by atoms with Gasteiger partial charge in [-0.05, 0) is 58.0 Å². The lowest BCUT2D eigenvalue weighted by atomic mass is 9.83. The first-order valence-corrected chi connectivity index (χ1v) is 10.4. The van der Waals surface area contributed by atoms with E-state index in [0.717, 1.165) is 18.2 Å². The zero-order valence-electron chi connectivity index (χ0n) is 19.1. The molecule has 1 aliphatic rings. The van der Waals surface area contributed by atoms with Crippen molar-refractivity contribution in [1.29, 1.82) is 0 Å². The number of aliphatic hydroxyl groups excluding tert-OH is 1. The molecule has 2 atom stereocenters. The van der Waals surface area contributed by atoms with Crippen LogP contribution in [0.4, 0.5) is 22.4 Å². The van der Waals surface area contributed by atoms with Gasteiger partial charge in [-0.15, -0.1) is 0 Å². The van der Waals surface area contributed by atoms with Crippen LogP contribution in [-0.4, -0.2) is 52.8 Å². The van der Waals surface area contributed by atoms with Gasteiger partial charge in [-0.1, -0.05) is 0 Å². The van der Waals surface area contributed by atoms with Gasteiger partial charge in [0.05, 0.1) is 24.3 Å². The first kappa shape index (κ1) is 25.7. The molecular formula is C23H26F4N2O5. The Kier molecular flexibility index (Phi) is 6.57. The lowest BCUT2D eigenvalue weighted by molar-refractivity contribution is -0.265. The molecule has 3 rings (SSSR count). The summed E-state index contributed by atoms with van der Waals surface area (Å²) in [7, 11) is 0. The van der Waals surface area contributed by atoms with Gasteiger partial charge in [0.2, 0.25) is 5.60 Å². The molecule has 2 aromatic rings. The normalized spacial score (nSPS) is 19.7. The molecule has 0 saturated carbocycles. The number of halogens is 4. The van der Waals surface area contributed by atoms with E-state index < -0.39 is 53.5 Å². The van der Waals surface area contributed by atoms with Crippen molar-refractivity contribution in [3.63, 3.8) is 0 Å². The van der Waals surface area contributed by atoms with Gasteiger partial charge >= 0.3 is 12.3 Å². The van der Waals surface area contributed by atoms with Crippen LogP contribution in [0.5, 0.6) is 5.75 Å². The monoisotopic (exact) mass is 486 g/mol. The Morgan fingerprint density at radius 2 is 1.85 bits per heavy atom. The summed E-state index contributed by atoms with van der Waals surface area (Å²) in [5.41, 5.74) is -6.10. The Hall–Kier alpha value is -2.92. The number of ether oxygens (including phenoxy) is 2. The van der Waals surface area contributed by atoms with E-state index in [1.165, 1.54) is 32.9 Å². The highest BCUT2D eigenvalue weighted by Crippen LogP contribution is 2.47. The number of benzene rings is 1. The number of carbonyl (C=O) groups is 1. The van der Waals surface area contributed by atoms with Crippen LogP contribution >= 0.6 is 0 Å². The number of hydrogen-bond acceptors (Lipinski definition) is 6. The first-order chi connectivity index (χ1) is 15.6. The van der Waals surface area contributed by atoms with E-state index in [2.05, 4.69) is 4.98 Å². The number of fused-ring (bicyclic) bond motifs is 1. The number of nitrogens with one attached hydrogen (secondary N) is 1. The molecule has 0 bridgehead atoms. The van der Waals surface area contributed by atoms with E-state index in [0.29, 0.717) is 0 Å². The second kappa shape index (κ2) is 8.70. The molecule has 0 aliphatic carbocycles. The van der Waals surface area contributed by atoms with Crippen molar-refractivity contribution in [2.24, 2.45) is 0 Å². The van der Waals surface area contributed by atoms with E-state index >= 15 is 0 Å². The third-order valence-corrected chi connectivity index (χ3v) is 5.41. The van der Waals surface area contributed by atoms with Crippen molar-refractivity contribution in [2.75, 3.05) is 19.8 Å². The highest BCUT2D eigenvalue weighted by molar-refractivity contribution is 5.71. The molecule has 7 nitrogen and oxygen atoms in total. The molecule has 0 spiro atoms. The van der Waals surface area contributed by atoms with Crippen LogP contribution in [0.1, 0.15) is 39.0 Å². The quantitative estimate of drug-likeness (QED) is 0.556. The third-order valence-electron chi connectivity index (χ3n) is 5.41. The molecule has 11 heteroatoms.